The van der Waals surface area contributed by atoms with Crippen molar-refractivity contribution in [2.75, 3.05) is 26.4 Å². The molecule has 0 fully saturated rings. The van der Waals surface area contributed by atoms with Gasteiger partial charge < -0.3 is 24.6 Å². The molecule has 372 valence electrons. The van der Waals surface area contributed by atoms with Crippen molar-refractivity contribution < 1.29 is 47.8 Å². The highest BCUT2D eigenvalue weighted by molar-refractivity contribution is 7.47. The van der Waals surface area contributed by atoms with Crippen LogP contribution in [0.3, 0.4) is 0 Å². The highest BCUT2D eigenvalue weighted by Crippen LogP contribution is 2.43. The Kier molecular flexibility index (Phi) is 47.2. The van der Waals surface area contributed by atoms with Crippen molar-refractivity contribution in [1.82, 2.24) is 0 Å². The molecule has 0 saturated carbocycles. The topological polar surface area (TPSA) is 149 Å². The number of hydrogen-bond acceptors (Lipinski definition) is 9. The predicted octanol–water partition coefficient (Wildman–Crippen LogP) is 14.9. The second kappa shape index (κ2) is 48.4. The SMILES string of the molecule is CCCCCCC/C=C\C/C=C\CCCCCCCCCCCC(=O)OC(CO)COP(=O)(O)OCC(CO)OC(=O)CCCCCCCCCCCCCCCCCCCCC. The van der Waals surface area contributed by atoms with Crippen molar-refractivity contribution in [1.29, 1.82) is 0 Å². The molecule has 0 aromatic rings. The van der Waals surface area contributed by atoms with Crippen LogP contribution in [0.5, 0.6) is 0 Å². The summed E-state index contributed by atoms with van der Waals surface area (Å²) in [5.74, 6) is -1.01. The molecule has 0 aliphatic heterocycles. The largest absolute Gasteiger partial charge is 0.472 e. The van der Waals surface area contributed by atoms with E-state index in [1.54, 1.807) is 0 Å². The van der Waals surface area contributed by atoms with Gasteiger partial charge in [0.1, 0.15) is 12.2 Å². The lowest BCUT2D eigenvalue weighted by Gasteiger charge is -2.20. The summed E-state index contributed by atoms with van der Waals surface area (Å²) >= 11 is 0. The Labute approximate surface area is 387 Å². The van der Waals surface area contributed by atoms with Crippen LogP contribution in [0.15, 0.2) is 24.3 Å². The van der Waals surface area contributed by atoms with Gasteiger partial charge >= 0.3 is 19.8 Å². The number of esters is 2. The summed E-state index contributed by atoms with van der Waals surface area (Å²) in [6.07, 6.45) is 51.5. The Hall–Kier alpha value is -1.55. The average Bonchev–Trinajstić information content (AvgIpc) is 3.27. The predicted molar refractivity (Wildman–Crippen MR) is 261 cm³/mol. The van der Waals surface area contributed by atoms with E-state index in [1.165, 1.54) is 167 Å². The second-order valence-corrected chi connectivity index (χ2v) is 19.3. The van der Waals surface area contributed by atoms with E-state index in [0.717, 1.165) is 51.4 Å². The summed E-state index contributed by atoms with van der Waals surface area (Å²) in [7, 11) is -4.64. The minimum atomic E-state index is -4.64. The molecule has 0 aromatic heterocycles. The summed E-state index contributed by atoms with van der Waals surface area (Å²) in [5, 5.41) is 19.3. The maximum Gasteiger partial charge on any atom is 0.472 e. The fourth-order valence-electron chi connectivity index (χ4n) is 7.62. The Morgan fingerprint density at radius 3 is 0.984 bits per heavy atom. The van der Waals surface area contributed by atoms with Crippen molar-refractivity contribution in [3.8, 4) is 0 Å². The summed E-state index contributed by atoms with van der Waals surface area (Å²) < 4.78 is 32.7. The van der Waals surface area contributed by atoms with E-state index >= 15 is 0 Å². The maximum absolute atomic E-state index is 12.4. The molecular formula is C52H99O10P. The van der Waals surface area contributed by atoms with Crippen molar-refractivity contribution in [3.05, 3.63) is 24.3 Å². The van der Waals surface area contributed by atoms with Crippen molar-refractivity contribution in [3.63, 3.8) is 0 Å². The molecule has 0 saturated heterocycles. The molecular weight excluding hydrogens is 816 g/mol. The number of carbonyl (C=O) groups excluding carboxylic acids is 2. The number of allylic oxidation sites excluding steroid dienone is 4. The van der Waals surface area contributed by atoms with E-state index in [4.69, 9.17) is 18.5 Å². The number of ether oxygens (including phenoxy) is 2. The number of unbranched alkanes of at least 4 members (excludes halogenated alkanes) is 32. The fraction of sp³-hybridized carbons (Fsp3) is 0.885. The Balaban J connectivity index is 3.81. The van der Waals surface area contributed by atoms with Gasteiger partial charge in [0.25, 0.3) is 0 Å². The summed E-state index contributed by atoms with van der Waals surface area (Å²) in [5.41, 5.74) is 0. The first kappa shape index (κ1) is 61.5. The van der Waals surface area contributed by atoms with E-state index < -0.39 is 58.4 Å². The van der Waals surface area contributed by atoms with E-state index in [1.807, 2.05) is 0 Å². The van der Waals surface area contributed by atoms with E-state index in [0.29, 0.717) is 12.8 Å². The molecule has 0 aliphatic carbocycles. The van der Waals surface area contributed by atoms with Gasteiger partial charge in [0.15, 0.2) is 0 Å². The summed E-state index contributed by atoms with van der Waals surface area (Å²) in [6, 6.07) is 0. The van der Waals surface area contributed by atoms with Crippen LogP contribution in [0.2, 0.25) is 0 Å². The zero-order valence-corrected chi connectivity index (χ0v) is 41.7. The Bertz CT molecular complexity index is 1100. The van der Waals surface area contributed by atoms with Crippen LogP contribution in [-0.2, 0) is 32.7 Å². The van der Waals surface area contributed by atoms with E-state index in [2.05, 4.69) is 38.2 Å². The number of rotatable bonds is 50. The number of carbonyl (C=O) groups is 2. The summed E-state index contributed by atoms with van der Waals surface area (Å²) in [6.45, 7) is 2.25. The number of aliphatic hydroxyl groups is 2. The van der Waals surface area contributed by atoms with Gasteiger partial charge in [0.05, 0.1) is 26.4 Å². The highest BCUT2D eigenvalue weighted by Gasteiger charge is 2.27. The van der Waals surface area contributed by atoms with Gasteiger partial charge in [-0.15, -0.1) is 0 Å². The number of hydrogen-bond donors (Lipinski definition) is 3. The van der Waals surface area contributed by atoms with Crippen LogP contribution < -0.4 is 0 Å². The van der Waals surface area contributed by atoms with Gasteiger partial charge in [-0.1, -0.05) is 224 Å². The molecule has 3 N–H and O–H groups in total. The minimum absolute atomic E-state index is 0.190. The van der Waals surface area contributed by atoms with Crippen LogP contribution >= 0.6 is 7.82 Å². The lowest BCUT2D eigenvalue weighted by molar-refractivity contribution is -0.153. The molecule has 63 heavy (non-hydrogen) atoms. The Morgan fingerprint density at radius 2 is 0.698 bits per heavy atom. The van der Waals surface area contributed by atoms with Gasteiger partial charge in [-0.3, -0.25) is 18.6 Å². The first-order valence-corrected chi connectivity index (χ1v) is 27.8. The fourth-order valence-corrected chi connectivity index (χ4v) is 8.40. The van der Waals surface area contributed by atoms with Gasteiger partial charge in [-0.05, 0) is 44.9 Å². The first-order chi connectivity index (χ1) is 30.8. The van der Waals surface area contributed by atoms with E-state index in [-0.39, 0.29) is 12.8 Å². The van der Waals surface area contributed by atoms with Gasteiger partial charge in [-0.25, -0.2) is 4.57 Å². The van der Waals surface area contributed by atoms with E-state index in [9.17, 15) is 29.3 Å². The smallest absolute Gasteiger partial charge is 0.457 e. The third-order valence-electron chi connectivity index (χ3n) is 11.7. The van der Waals surface area contributed by atoms with Crippen molar-refractivity contribution in [2.45, 2.75) is 270 Å². The molecule has 0 rings (SSSR count). The molecule has 3 unspecified atom stereocenters. The maximum atomic E-state index is 12.4. The molecule has 0 radical (unpaired) electrons. The molecule has 0 spiro atoms. The third-order valence-corrected chi connectivity index (χ3v) is 12.6. The van der Waals surface area contributed by atoms with Crippen LogP contribution in [-0.4, -0.2) is 65.7 Å². The average molecular weight is 915 g/mol. The lowest BCUT2D eigenvalue weighted by Crippen LogP contribution is -2.28. The molecule has 0 heterocycles. The quantitative estimate of drug-likeness (QED) is 0.0233. The molecule has 0 aromatic carbocycles. The standard InChI is InChI=1S/C52H99O10P/c1-3-5-7-9-11-13-15-17-19-21-23-24-26-28-30-32-34-36-38-40-42-44-52(56)62-50(46-54)48-60-63(57,58)59-47-49(45-53)61-51(55)43-41-39-37-35-33-31-29-27-25-22-20-18-16-14-12-10-8-6-4-2/h15,17,21,23,49-50,53-54H,3-14,16,18-20,22,24-48H2,1-2H3,(H,57,58)/b17-15-,23-21-. The Morgan fingerprint density at radius 1 is 0.429 bits per heavy atom. The number of aliphatic hydroxyl groups excluding tert-OH is 2. The first-order valence-electron chi connectivity index (χ1n) is 26.3. The van der Waals surface area contributed by atoms with Crippen LogP contribution in [0.25, 0.3) is 0 Å². The minimum Gasteiger partial charge on any atom is -0.457 e. The third kappa shape index (κ3) is 46.8. The zero-order chi connectivity index (χ0) is 46.2. The lowest BCUT2D eigenvalue weighted by atomic mass is 10.0. The normalized spacial score (nSPS) is 13.8. The molecule has 0 aliphatic rings. The number of phosphoric ester groups is 1. The molecule has 0 amide bonds. The molecule has 11 heteroatoms. The monoisotopic (exact) mass is 915 g/mol. The van der Waals surface area contributed by atoms with Crippen LogP contribution in [0.1, 0.15) is 258 Å². The van der Waals surface area contributed by atoms with Crippen LogP contribution in [0, 0.1) is 0 Å². The van der Waals surface area contributed by atoms with Gasteiger partial charge in [-0.2, -0.15) is 0 Å². The summed E-state index contributed by atoms with van der Waals surface area (Å²) in [4.78, 5) is 34.7. The molecule has 10 nitrogen and oxygen atoms in total. The highest BCUT2D eigenvalue weighted by atomic mass is 31.2. The van der Waals surface area contributed by atoms with Gasteiger partial charge in [0.2, 0.25) is 0 Å². The van der Waals surface area contributed by atoms with Crippen molar-refractivity contribution >= 4 is 19.8 Å². The molecule has 3 atom stereocenters. The second-order valence-electron chi connectivity index (χ2n) is 17.9. The van der Waals surface area contributed by atoms with Crippen molar-refractivity contribution in [2.24, 2.45) is 0 Å². The molecule has 0 bridgehead atoms. The number of phosphoric acid groups is 1. The zero-order valence-electron chi connectivity index (χ0n) is 40.8. The van der Waals surface area contributed by atoms with Gasteiger partial charge in [0, 0.05) is 12.8 Å². The van der Waals surface area contributed by atoms with Crippen LogP contribution in [0.4, 0.5) is 0 Å².